The first-order valence-corrected chi connectivity index (χ1v) is 24.2. The largest absolute Gasteiger partial charge is 0.478 e. The molecule has 0 rings (SSSR count). The summed E-state index contributed by atoms with van der Waals surface area (Å²) in [5, 5.41) is 8.99. The van der Waals surface area contributed by atoms with Crippen LogP contribution in [-0.4, -0.2) is 40.5 Å². The number of carbonyl (C=O) groups is 1. The van der Waals surface area contributed by atoms with Gasteiger partial charge in [0.25, 0.3) is 0 Å². The molecule has 0 unspecified atom stereocenters. The predicted octanol–water partition coefficient (Wildman–Crippen LogP) is 5.50. The monoisotopic (exact) mass is 374 g/mol. The third-order valence-corrected chi connectivity index (χ3v) is 80.0. The second-order valence-electron chi connectivity index (χ2n) is 9.74. The van der Waals surface area contributed by atoms with Crippen molar-refractivity contribution in [1.82, 2.24) is 0 Å². The highest BCUT2D eigenvalue weighted by Gasteiger charge is 2.60. The molecule has 0 fully saturated rings. The molecule has 0 spiro atoms. The van der Waals surface area contributed by atoms with E-state index in [2.05, 4.69) is 58.9 Å². The molecule has 130 valence electrons. The minimum Gasteiger partial charge on any atom is -0.478 e. The second-order valence-corrected chi connectivity index (χ2v) is 51.2. The molecule has 0 aromatic carbocycles. The molecule has 0 aliphatic heterocycles. The van der Waals surface area contributed by atoms with Gasteiger partial charge < -0.3 is 5.11 Å². The molecular weight excluding hydrogens is 337 g/mol. The Hall–Kier alpha value is 0.0775. The van der Waals surface area contributed by atoms with Crippen LogP contribution in [0.2, 0.25) is 65.0 Å². The van der Waals surface area contributed by atoms with Crippen molar-refractivity contribution in [3.05, 3.63) is 11.6 Å². The first-order valence-electron chi connectivity index (χ1n) is 8.48. The van der Waals surface area contributed by atoms with Gasteiger partial charge in [0, 0.05) is 35.0 Å². The van der Waals surface area contributed by atoms with Gasteiger partial charge in [0.2, 0.25) is 0 Å². The van der Waals surface area contributed by atoms with Crippen LogP contribution >= 0.6 is 0 Å². The van der Waals surface area contributed by atoms with E-state index in [1.807, 2.05) is 6.08 Å². The van der Waals surface area contributed by atoms with E-state index in [4.69, 9.17) is 5.11 Å². The topological polar surface area (TPSA) is 37.3 Å². The van der Waals surface area contributed by atoms with Crippen LogP contribution in [0.4, 0.5) is 0 Å². The van der Waals surface area contributed by atoms with E-state index < -0.39 is 35.4 Å². The minimum atomic E-state index is -1.26. The summed E-state index contributed by atoms with van der Waals surface area (Å²) in [6, 6.07) is 1.43. The Balaban J connectivity index is 5.47. The maximum Gasteiger partial charge on any atom is 0.330 e. The lowest BCUT2D eigenvalue weighted by atomic mass is 10.2. The van der Waals surface area contributed by atoms with Crippen LogP contribution < -0.4 is 0 Å². The van der Waals surface area contributed by atoms with Crippen molar-refractivity contribution in [2.24, 2.45) is 0 Å². The van der Waals surface area contributed by atoms with E-state index >= 15 is 0 Å². The molecule has 0 atom stereocenters. The van der Waals surface area contributed by atoms with Gasteiger partial charge in [0.1, 0.15) is 0 Å². The number of hydrogen-bond donors (Lipinski definition) is 1. The standard InChI is InChI=1S/C16H38O2Si4/c1-15(16(17)18)13-11-12-14-22(19(2,3)4,20(5,6)7)21(8,9)10/h13H,11-12,14H2,1-10H3,(H,17,18)/b15-13+. The van der Waals surface area contributed by atoms with Gasteiger partial charge in [-0.2, -0.15) is 0 Å². The number of carboxylic acids is 1. The minimum absolute atomic E-state index is 0.501. The zero-order chi connectivity index (χ0) is 18.0. The fourth-order valence-corrected chi connectivity index (χ4v) is 104. The molecule has 2 nitrogen and oxygen atoms in total. The number of rotatable bonds is 8. The second kappa shape index (κ2) is 7.32. The molecule has 0 heterocycles. The molecule has 0 saturated carbocycles. The van der Waals surface area contributed by atoms with Gasteiger partial charge in [0.15, 0.2) is 0 Å². The molecule has 1 N–H and O–H groups in total. The van der Waals surface area contributed by atoms with Crippen molar-refractivity contribution in [1.29, 1.82) is 0 Å². The summed E-state index contributed by atoms with van der Waals surface area (Å²) in [6.45, 7) is 24.0. The summed E-state index contributed by atoms with van der Waals surface area (Å²) >= 11 is 0. The molecule has 0 aromatic heterocycles. The van der Waals surface area contributed by atoms with Crippen LogP contribution in [0.25, 0.3) is 0 Å². The average molecular weight is 375 g/mol. The van der Waals surface area contributed by atoms with Crippen molar-refractivity contribution in [3.8, 4) is 0 Å². The number of hydrogen-bond acceptors (Lipinski definition) is 1. The maximum absolute atomic E-state index is 10.9. The van der Waals surface area contributed by atoms with Crippen molar-refractivity contribution in [2.75, 3.05) is 0 Å². The van der Waals surface area contributed by atoms with Crippen molar-refractivity contribution >= 4 is 35.4 Å². The van der Waals surface area contributed by atoms with Gasteiger partial charge in [-0.15, -0.1) is 0 Å². The lowest BCUT2D eigenvalue weighted by Crippen LogP contribution is -2.82. The highest BCUT2D eigenvalue weighted by Crippen LogP contribution is 2.41. The molecule has 0 aromatic rings. The number of carboxylic acid groups (broad SMARTS) is 1. The van der Waals surface area contributed by atoms with Crippen LogP contribution in [0, 0.1) is 0 Å². The smallest absolute Gasteiger partial charge is 0.330 e. The molecule has 0 saturated heterocycles. The molecular formula is C16H38O2Si4. The van der Waals surface area contributed by atoms with Gasteiger partial charge in [-0.1, -0.05) is 77.5 Å². The van der Waals surface area contributed by atoms with E-state index in [0.717, 1.165) is 6.42 Å². The number of allylic oxidation sites excluding steroid dienone is 1. The Labute approximate surface area is 141 Å². The first kappa shape index (κ1) is 22.1. The summed E-state index contributed by atoms with van der Waals surface area (Å²) in [5.41, 5.74) is 0.501. The summed E-state index contributed by atoms with van der Waals surface area (Å²) in [6.07, 6.45) is 4.06. The lowest BCUT2D eigenvalue weighted by molar-refractivity contribution is -0.132. The third kappa shape index (κ3) is 4.79. The number of aliphatic carboxylic acids is 1. The fraction of sp³-hybridized carbons (Fsp3) is 0.812. The van der Waals surface area contributed by atoms with Crippen molar-refractivity contribution in [2.45, 2.75) is 84.7 Å². The van der Waals surface area contributed by atoms with Gasteiger partial charge >= 0.3 is 5.97 Å². The Morgan fingerprint density at radius 3 is 1.50 bits per heavy atom. The molecule has 0 aliphatic carbocycles. The summed E-state index contributed by atoms with van der Waals surface area (Å²) in [7, 11) is -3.54. The highest BCUT2D eigenvalue weighted by molar-refractivity contribution is 7.89. The molecule has 0 radical (unpaired) electrons. The molecule has 0 bridgehead atoms. The van der Waals surface area contributed by atoms with E-state index in [-0.39, 0.29) is 0 Å². The van der Waals surface area contributed by atoms with Gasteiger partial charge in [-0.05, 0) is 13.3 Å². The zero-order valence-electron chi connectivity index (χ0n) is 16.6. The SMILES string of the molecule is C/C(=C\CCC[Si]([Si](C)(C)C)([Si](C)(C)C)[Si](C)(C)C)C(=O)O. The summed E-state index contributed by atoms with van der Waals surface area (Å²) < 4.78 is 0. The normalized spacial score (nSPS) is 15.1. The van der Waals surface area contributed by atoms with Gasteiger partial charge in [-0.25, -0.2) is 4.79 Å². The van der Waals surface area contributed by atoms with E-state index in [1.165, 1.54) is 12.5 Å². The molecule has 0 amide bonds. The Morgan fingerprint density at radius 1 is 0.864 bits per heavy atom. The predicted molar refractivity (Wildman–Crippen MR) is 111 cm³/mol. The van der Waals surface area contributed by atoms with Crippen molar-refractivity contribution in [3.63, 3.8) is 0 Å². The van der Waals surface area contributed by atoms with Gasteiger partial charge in [0.05, 0.1) is 0 Å². The van der Waals surface area contributed by atoms with E-state index in [1.54, 1.807) is 6.92 Å². The van der Waals surface area contributed by atoms with Crippen molar-refractivity contribution < 1.29 is 9.90 Å². The van der Waals surface area contributed by atoms with Crippen LogP contribution in [0.3, 0.4) is 0 Å². The lowest BCUT2D eigenvalue weighted by Gasteiger charge is -2.58. The molecule has 6 heteroatoms. The third-order valence-electron chi connectivity index (χ3n) is 5.38. The summed E-state index contributed by atoms with van der Waals surface area (Å²) in [5.74, 6) is -0.774. The first-order chi connectivity index (χ1) is 9.58. The van der Waals surface area contributed by atoms with Crippen LogP contribution in [0.15, 0.2) is 11.6 Å². The van der Waals surface area contributed by atoms with Gasteiger partial charge in [-0.3, -0.25) is 0 Å². The van der Waals surface area contributed by atoms with E-state index in [9.17, 15) is 4.79 Å². The highest BCUT2D eigenvalue weighted by atomic mass is 29.9. The molecule has 22 heavy (non-hydrogen) atoms. The fourth-order valence-electron chi connectivity index (χ4n) is 5.27. The zero-order valence-corrected chi connectivity index (χ0v) is 20.6. The number of unbranched alkanes of at least 4 members (excludes halogenated alkanes) is 1. The average Bonchev–Trinajstić information content (AvgIpc) is 2.22. The van der Waals surface area contributed by atoms with Crippen LogP contribution in [0.5, 0.6) is 0 Å². The molecule has 0 aliphatic rings. The van der Waals surface area contributed by atoms with Crippen LogP contribution in [0.1, 0.15) is 19.8 Å². The Bertz CT molecular complexity index is 387. The summed E-state index contributed by atoms with van der Waals surface area (Å²) in [4.78, 5) is 10.9. The van der Waals surface area contributed by atoms with Crippen LogP contribution in [-0.2, 0) is 4.79 Å². The Kier molecular flexibility index (Phi) is 7.34. The maximum atomic E-state index is 10.9. The Morgan fingerprint density at radius 2 is 1.23 bits per heavy atom. The van der Waals surface area contributed by atoms with E-state index in [0.29, 0.717) is 5.57 Å². The quantitative estimate of drug-likeness (QED) is 0.346.